The van der Waals surface area contributed by atoms with E-state index < -0.39 is 12.0 Å². The van der Waals surface area contributed by atoms with Gasteiger partial charge in [-0.1, -0.05) is 35.1 Å². The molecular formula is C28H20BrClN2O6S. The molecule has 0 N–H and O–H groups in total. The van der Waals surface area contributed by atoms with E-state index in [1.54, 1.807) is 44.2 Å². The van der Waals surface area contributed by atoms with Crippen molar-refractivity contribution in [3.05, 3.63) is 100 Å². The minimum Gasteiger partial charge on any atom is -0.463 e. The van der Waals surface area contributed by atoms with Crippen molar-refractivity contribution in [1.82, 2.24) is 4.57 Å². The van der Waals surface area contributed by atoms with Crippen molar-refractivity contribution in [1.29, 1.82) is 0 Å². The zero-order chi connectivity index (χ0) is 27.3. The van der Waals surface area contributed by atoms with Crippen LogP contribution in [-0.2, 0) is 9.53 Å². The molecule has 198 valence electrons. The number of hydrogen-bond acceptors (Lipinski definition) is 8. The summed E-state index contributed by atoms with van der Waals surface area (Å²) in [6.45, 7) is 3.78. The van der Waals surface area contributed by atoms with E-state index in [2.05, 4.69) is 20.9 Å². The highest BCUT2D eigenvalue weighted by Crippen LogP contribution is 2.38. The second-order valence-corrected chi connectivity index (χ2v) is 11.0. The number of aromatic nitrogens is 1. The summed E-state index contributed by atoms with van der Waals surface area (Å²) in [7, 11) is 0. The summed E-state index contributed by atoms with van der Waals surface area (Å²) in [5.41, 5.74) is 1.96. The summed E-state index contributed by atoms with van der Waals surface area (Å²) in [6.07, 6.45) is 1.67. The molecule has 2 aromatic carbocycles. The molecular weight excluding hydrogens is 608 g/mol. The normalized spacial score (nSPS) is 16.3. The van der Waals surface area contributed by atoms with Gasteiger partial charge in [0, 0.05) is 16.1 Å². The molecule has 2 aliphatic rings. The summed E-state index contributed by atoms with van der Waals surface area (Å²) in [5.74, 6) is 1.73. The molecule has 0 fully saturated rings. The Morgan fingerprint density at radius 1 is 1.21 bits per heavy atom. The van der Waals surface area contributed by atoms with Gasteiger partial charge in [0.2, 0.25) is 6.79 Å². The zero-order valence-corrected chi connectivity index (χ0v) is 23.9. The molecule has 4 heterocycles. The first-order valence-corrected chi connectivity index (χ1v) is 14.0. The van der Waals surface area contributed by atoms with Crippen LogP contribution >= 0.6 is 38.9 Å². The Morgan fingerprint density at radius 3 is 2.82 bits per heavy atom. The molecule has 0 bridgehead atoms. The fourth-order valence-corrected chi connectivity index (χ4v) is 6.01. The molecule has 6 rings (SSSR count). The van der Waals surface area contributed by atoms with E-state index >= 15 is 0 Å². The predicted octanol–water partition coefficient (Wildman–Crippen LogP) is 5.20. The minimum absolute atomic E-state index is 0.110. The SMILES string of the molecule is CCOC(=O)C1=C(C)N=c2s/c(=C\c3ccc(-c4ccc(Br)c(Cl)c4)o3)c(=O)n2[C@@H]1c1ccc2c(c1)OCO2. The first kappa shape index (κ1) is 25.7. The molecule has 0 unspecified atom stereocenters. The van der Waals surface area contributed by atoms with E-state index in [4.69, 9.17) is 30.2 Å². The third kappa shape index (κ3) is 4.62. The van der Waals surface area contributed by atoms with E-state index in [0.717, 1.165) is 10.0 Å². The molecule has 0 radical (unpaired) electrons. The number of rotatable bonds is 5. The predicted molar refractivity (Wildman–Crippen MR) is 150 cm³/mol. The lowest BCUT2D eigenvalue weighted by Crippen LogP contribution is -2.39. The number of thiazole rings is 1. The van der Waals surface area contributed by atoms with E-state index in [0.29, 0.717) is 54.2 Å². The summed E-state index contributed by atoms with van der Waals surface area (Å²) < 4.78 is 25.1. The number of fused-ring (bicyclic) bond motifs is 2. The van der Waals surface area contributed by atoms with Gasteiger partial charge in [0.25, 0.3) is 5.56 Å². The number of nitrogens with zero attached hydrogens (tertiary/aromatic N) is 2. The van der Waals surface area contributed by atoms with Gasteiger partial charge in [-0.3, -0.25) is 9.36 Å². The molecule has 39 heavy (non-hydrogen) atoms. The molecule has 2 aliphatic heterocycles. The number of allylic oxidation sites excluding steroid dienone is 1. The van der Waals surface area contributed by atoms with Crippen LogP contribution < -0.4 is 24.4 Å². The minimum atomic E-state index is -0.756. The van der Waals surface area contributed by atoms with E-state index in [9.17, 15) is 9.59 Å². The van der Waals surface area contributed by atoms with Gasteiger partial charge in [-0.2, -0.15) is 0 Å². The van der Waals surface area contributed by atoms with Crippen LogP contribution in [0.4, 0.5) is 0 Å². The van der Waals surface area contributed by atoms with Crippen LogP contribution in [0.3, 0.4) is 0 Å². The molecule has 11 heteroatoms. The number of hydrogen-bond donors (Lipinski definition) is 0. The number of carbonyl (C=O) groups is 1. The second kappa shape index (κ2) is 10.2. The van der Waals surface area contributed by atoms with Crippen LogP contribution in [0, 0.1) is 0 Å². The summed E-state index contributed by atoms with van der Waals surface area (Å²) in [6, 6.07) is 13.7. The van der Waals surface area contributed by atoms with Crippen molar-refractivity contribution in [3.63, 3.8) is 0 Å². The highest BCUT2D eigenvalue weighted by atomic mass is 79.9. The number of benzene rings is 2. The van der Waals surface area contributed by atoms with Gasteiger partial charge < -0.3 is 18.6 Å². The standard InChI is InChI=1S/C28H20BrClN2O6S/c1-3-35-27(34)24-14(2)31-28-32(25(24)16-5-8-21-22(11-16)37-13-36-21)26(33)23(39-28)12-17-6-9-20(38-17)15-4-7-18(29)19(30)10-15/h4-12,25H,3,13H2,1-2H3/b23-12-/t25-/m1/s1. The van der Waals surface area contributed by atoms with Gasteiger partial charge in [-0.25, -0.2) is 9.79 Å². The van der Waals surface area contributed by atoms with Crippen molar-refractivity contribution in [2.24, 2.45) is 4.99 Å². The molecule has 0 saturated heterocycles. The van der Waals surface area contributed by atoms with Gasteiger partial charge >= 0.3 is 5.97 Å². The van der Waals surface area contributed by atoms with Crippen LogP contribution in [0.1, 0.15) is 31.2 Å². The second-order valence-electron chi connectivity index (χ2n) is 8.75. The Kier molecular flexibility index (Phi) is 6.70. The van der Waals surface area contributed by atoms with Crippen LogP contribution in [0.5, 0.6) is 11.5 Å². The Labute approximate surface area is 239 Å². The van der Waals surface area contributed by atoms with E-state index in [1.165, 1.54) is 15.9 Å². The van der Waals surface area contributed by atoms with Crippen molar-refractivity contribution >= 4 is 50.9 Å². The van der Waals surface area contributed by atoms with Crippen molar-refractivity contribution < 1.29 is 23.4 Å². The van der Waals surface area contributed by atoms with E-state index in [-0.39, 0.29) is 19.0 Å². The average Bonchev–Trinajstić information content (AvgIpc) is 3.64. The van der Waals surface area contributed by atoms with Crippen LogP contribution in [0.25, 0.3) is 17.4 Å². The lowest BCUT2D eigenvalue weighted by atomic mass is 9.95. The molecule has 1 atom stereocenters. The zero-order valence-electron chi connectivity index (χ0n) is 20.7. The average molecular weight is 628 g/mol. The number of carbonyl (C=O) groups excluding carboxylic acids is 1. The highest BCUT2D eigenvalue weighted by Gasteiger charge is 2.34. The fraction of sp³-hybridized carbons (Fsp3) is 0.179. The Balaban J connectivity index is 1.47. The monoisotopic (exact) mass is 626 g/mol. The fourth-order valence-electron chi connectivity index (χ4n) is 4.55. The molecule has 4 aromatic rings. The topological polar surface area (TPSA) is 92.3 Å². The van der Waals surface area contributed by atoms with E-state index in [1.807, 2.05) is 24.3 Å². The third-order valence-electron chi connectivity index (χ3n) is 6.33. The maximum atomic E-state index is 13.8. The third-order valence-corrected chi connectivity index (χ3v) is 8.55. The van der Waals surface area contributed by atoms with Crippen LogP contribution in [-0.4, -0.2) is 23.9 Å². The Morgan fingerprint density at radius 2 is 2.03 bits per heavy atom. The molecule has 0 spiro atoms. The molecule has 0 aliphatic carbocycles. The summed E-state index contributed by atoms with van der Waals surface area (Å²) >= 11 is 10.8. The van der Waals surface area contributed by atoms with Gasteiger partial charge in [0.05, 0.1) is 33.5 Å². The smallest absolute Gasteiger partial charge is 0.338 e. The largest absolute Gasteiger partial charge is 0.463 e. The van der Waals surface area contributed by atoms with Gasteiger partial charge in [-0.05, 0) is 71.7 Å². The summed E-state index contributed by atoms with van der Waals surface area (Å²) in [4.78, 5) is 32.0. The van der Waals surface area contributed by atoms with Crippen molar-refractivity contribution in [2.75, 3.05) is 13.4 Å². The van der Waals surface area contributed by atoms with Crippen molar-refractivity contribution in [2.45, 2.75) is 19.9 Å². The number of halogens is 2. The first-order chi connectivity index (χ1) is 18.8. The van der Waals surface area contributed by atoms with Crippen LogP contribution in [0.15, 0.2) is 78.5 Å². The Bertz CT molecular complexity index is 1850. The summed E-state index contributed by atoms with van der Waals surface area (Å²) in [5, 5.41) is 0.565. The Hall–Kier alpha value is -3.60. The van der Waals surface area contributed by atoms with Crippen molar-refractivity contribution in [3.8, 4) is 22.8 Å². The maximum Gasteiger partial charge on any atom is 0.338 e. The highest BCUT2D eigenvalue weighted by molar-refractivity contribution is 9.10. The molecule has 0 amide bonds. The van der Waals surface area contributed by atoms with Gasteiger partial charge in [0.15, 0.2) is 16.3 Å². The number of furan rings is 1. The molecule has 2 aromatic heterocycles. The number of ether oxygens (including phenoxy) is 3. The lowest BCUT2D eigenvalue weighted by Gasteiger charge is -2.24. The van der Waals surface area contributed by atoms with Crippen LogP contribution in [0.2, 0.25) is 5.02 Å². The van der Waals surface area contributed by atoms with Gasteiger partial charge in [-0.15, -0.1) is 0 Å². The maximum absolute atomic E-state index is 13.8. The quantitative estimate of drug-likeness (QED) is 0.283. The lowest BCUT2D eigenvalue weighted by molar-refractivity contribution is -0.139. The number of esters is 1. The van der Waals surface area contributed by atoms with Gasteiger partial charge in [0.1, 0.15) is 11.5 Å². The first-order valence-electron chi connectivity index (χ1n) is 12.0. The molecule has 8 nitrogen and oxygen atoms in total. The molecule has 0 saturated carbocycles.